The maximum Gasteiger partial charge on any atom is 0.258 e. The van der Waals surface area contributed by atoms with E-state index in [1.165, 1.54) is 0 Å². The molecule has 0 aliphatic heterocycles. The third-order valence-corrected chi connectivity index (χ3v) is 4.55. The molecule has 1 fully saturated rings. The predicted molar refractivity (Wildman–Crippen MR) is 94.0 cm³/mol. The number of amides is 1. The van der Waals surface area contributed by atoms with Crippen LogP contribution in [0.25, 0.3) is 0 Å². The summed E-state index contributed by atoms with van der Waals surface area (Å²) in [6, 6.07) is 12.6. The fourth-order valence-electron chi connectivity index (χ4n) is 2.56. The van der Waals surface area contributed by atoms with Gasteiger partial charge >= 0.3 is 0 Å². The summed E-state index contributed by atoms with van der Waals surface area (Å²) >= 11 is 11.9. The zero-order chi connectivity index (χ0) is 17.2. The minimum atomic E-state index is -0.295. The molecule has 0 spiro atoms. The van der Waals surface area contributed by atoms with E-state index in [0.29, 0.717) is 15.8 Å². The Labute approximate surface area is 150 Å². The Bertz CT molecular complexity index is 742. The summed E-state index contributed by atoms with van der Waals surface area (Å²) in [5.41, 5.74) is 0.775. The first kappa shape index (κ1) is 16.9. The lowest BCUT2D eigenvalue weighted by Crippen LogP contribution is -2.38. The number of nitrogens with one attached hydrogen (secondary N) is 1. The van der Waals surface area contributed by atoms with E-state index in [1.807, 2.05) is 24.3 Å². The molecule has 6 heteroatoms. The summed E-state index contributed by atoms with van der Waals surface area (Å²) in [6.07, 6.45) is 1.82. The standard InChI is InChI=1S/C18H17Cl2NO3/c1-23-14-5-2-12(3-6-14)18(8-9-18)21-17(22)11-24-16-7-4-13(19)10-15(16)20/h2-7,10H,8-9,11H2,1H3,(H,21,22). The molecule has 0 saturated heterocycles. The fraction of sp³-hybridized carbons (Fsp3) is 0.278. The normalized spacial score (nSPS) is 14.8. The highest BCUT2D eigenvalue weighted by atomic mass is 35.5. The second-order valence-electron chi connectivity index (χ2n) is 5.72. The van der Waals surface area contributed by atoms with Crippen LogP contribution in [-0.4, -0.2) is 19.6 Å². The van der Waals surface area contributed by atoms with Gasteiger partial charge in [-0.25, -0.2) is 0 Å². The Morgan fingerprint density at radius 3 is 2.46 bits per heavy atom. The summed E-state index contributed by atoms with van der Waals surface area (Å²) in [6.45, 7) is -0.0980. The number of methoxy groups -OCH3 is 1. The van der Waals surface area contributed by atoms with Crippen molar-refractivity contribution in [1.82, 2.24) is 5.32 Å². The Kier molecular flexibility index (Phi) is 4.88. The van der Waals surface area contributed by atoms with Gasteiger partial charge in [0.05, 0.1) is 17.7 Å². The molecule has 0 aromatic heterocycles. The van der Waals surface area contributed by atoms with Gasteiger partial charge in [0, 0.05) is 5.02 Å². The highest BCUT2D eigenvalue weighted by Crippen LogP contribution is 2.45. The van der Waals surface area contributed by atoms with Crippen molar-refractivity contribution in [1.29, 1.82) is 0 Å². The minimum Gasteiger partial charge on any atom is -0.497 e. The molecular formula is C18H17Cl2NO3. The van der Waals surface area contributed by atoms with Gasteiger partial charge in [0.1, 0.15) is 11.5 Å². The lowest BCUT2D eigenvalue weighted by atomic mass is 10.0. The van der Waals surface area contributed by atoms with Crippen LogP contribution in [0.2, 0.25) is 10.0 Å². The maximum absolute atomic E-state index is 12.2. The lowest BCUT2D eigenvalue weighted by molar-refractivity contribution is -0.124. The molecule has 1 N–H and O–H groups in total. The van der Waals surface area contributed by atoms with Crippen LogP contribution in [0.3, 0.4) is 0 Å². The number of rotatable bonds is 6. The molecule has 2 aromatic carbocycles. The van der Waals surface area contributed by atoms with E-state index in [2.05, 4.69) is 5.32 Å². The van der Waals surface area contributed by atoms with Crippen LogP contribution in [-0.2, 0) is 10.3 Å². The summed E-state index contributed by atoms with van der Waals surface area (Å²) in [5, 5.41) is 3.95. The number of benzene rings is 2. The second kappa shape index (κ2) is 6.91. The second-order valence-corrected chi connectivity index (χ2v) is 6.57. The van der Waals surface area contributed by atoms with E-state index in [9.17, 15) is 4.79 Å². The van der Waals surface area contributed by atoms with Gasteiger partial charge in [-0.05, 0) is 48.7 Å². The van der Waals surface area contributed by atoms with Crippen LogP contribution < -0.4 is 14.8 Å². The van der Waals surface area contributed by atoms with E-state index < -0.39 is 0 Å². The van der Waals surface area contributed by atoms with Gasteiger partial charge in [0.25, 0.3) is 5.91 Å². The fourth-order valence-corrected chi connectivity index (χ4v) is 3.02. The number of halogens is 2. The highest BCUT2D eigenvalue weighted by molar-refractivity contribution is 6.35. The molecule has 1 aliphatic carbocycles. The van der Waals surface area contributed by atoms with E-state index in [-0.39, 0.29) is 18.1 Å². The predicted octanol–water partition coefficient (Wildman–Crippen LogP) is 4.19. The van der Waals surface area contributed by atoms with Gasteiger partial charge in [0.15, 0.2) is 6.61 Å². The quantitative estimate of drug-likeness (QED) is 0.834. The van der Waals surface area contributed by atoms with Crippen molar-refractivity contribution >= 4 is 29.1 Å². The number of carbonyl (C=O) groups excluding carboxylic acids is 1. The Morgan fingerprint density at radius 1 is 1.17 bits per heavy atom. The van der Waals surface area contributed by atoms with Crippen LogP contribution in [0.4, 0.5) is 0 Å². The van der Waals surface area contributed by atoms with Gasteiger partial charge in [-0.3, -0.25) is 4.79 Å². The molecule has 1 amide bonds. The molecule has 0 heterocycles. The van der Waals surface area contributed by atoms with Gasteiger partial charge < -0.3 is 14.8 Å². The van der Waals surface area contributed by atoms with Gasteiger partial charge in [-0.15, -0.1) is 0 Å². The first-order valence-electron chi connectivity index (χ1n) is 7.56. The third-order valence-electron chi connectivity index (χ3n) is 4.02. The minimum absolute atomic E-state index is 0.0980. The zero-order valence-electron chi connectivity index (χ0n) is 13.1. The highest BCUT2D eigenvalue weighted by Gasteiger charge is 2.45. The maximum atomic E-state index is 12.2. The van der Waals surface area contributed by atoms with Crippen LogP contribution in [0.1, 0.15) is 18.4 Å². The molecule has 0 atom stereocenters. The van der Waals surface area contributed by atoms with Gasteiger partial charge in [-0.1, -0.05) is 35.3 Å². The van der Waals surface area contributed by atoms with Crippen molar-refractivity contribution < 1.29 is 14.3 Å². The number of carbonyl (C=O) groups is 1. The van der Waals surface area contributed by atoms with Crippen molar-refractivity contribution in [2.24, 2.45) is 0 Å². The first-order chi connectivity index (χ1) is 11.5. The van der Waals surface area contributed by atoms with Crippen molar-refractivity contribution in [3.05, 3.63) is 58.1 Å². The van der Waals surface area contributed by atoms with Crippen molar-refractivity contribution in [3.63, 3.8) is 0 Å². The molecular weight excluding hydrogens is 349 g/mol. The van der Waals surface area contributed by atoms with E-state index in [4.69, 9.17) is 32.7 Å². The SMILES string of the molecule is COc1ccc(C2(NC(=O)COc3ccc(Cl)cc3Cl)CC2)cc1. The molecule has 4 nitrogen and oxygen atoms in total. The van der Waals surface area contributed by atoms with Crippen LogP contribution >= 0.6 is 23.2 Å². The molecule has 0 unspecified atom stereocenters. The van der Waals surface area contributed by atoms with Crippen molar-refractivity contribution in [2.45, 2.75) is 18.4 Å². The third kappa shape index (κ3) is 3.77. The monoisotopic (exact) mass is 365 g/mol. The Morgan fingerprint density at radius 2 is 1.88 bits per heavy atom. The number of ether oxygens (including phenoxy) is 2. The molecule has 0 radical (unpaired) electrons. The zero-order valence-corrected chi connectivity index (χ0v) is 14.7. The van der Waals surface area contributed by atoms with Crippen molar-refractivity contribution in [2.75, 3.05) is 13.7 Å². The summed E-state index contributed by atoms with van der Waals surface area (Å²) < 4.78 is 10.6. The van der Waals surface area contributed by atoms with E-state index in [1.54, 1.807) is 25.3 Å². The van der Waals surface area contributed by atoms with E-state index >= 15 is 0 Å². The average Bonchev–Trinajstić information content (AvgIpc) is 3.35. The average molecular weight is 366 g/mol. The van der Waals surface area contributed by atoms with Crippen molar-refractivity contribution in [3.8, 4) is 11.5 Å². The Balaban J connectivity index is 1.59. The van der Waals surface area contributed by atoms with Gasteiger partial charge in [0.2, 0.25) is 0 Å². The smallest absolute Gasteiger partial charge is 0.258 e. The molecule has 1 aliphatic rings. The molecule has 3 rings (SSSR count). The molecule has 1 saturated carbocycles. The topological polar surface area (TPSA) is 47.6 Å². The number of hydrogen-bond acceptors (Lipinski definition) is 3. The molecule has 0 bridgehead atoms. The van der Waals surface area contributed by atoms with E-state index in [0.717, 1.165) is 24.2 Å². The molecule has 2 aromatic rings. The van der Waals surface area contributed by atoms with Crippen LogP contribution in [0, 0.1) is 0 Å². The number of hydrogen-bond donors (Lipinski definition) is 1. The van der Waals surface area contributed by atoms with Crippen LogP contribution in [0.5, 0.6) is 11.5 Å². The summed E-state index contributed by atoms with van der Waals surface area (Å²) in [5.74, 6) is 1.04. The largest absolute Gasteiger partial charge is 0.497 e. The molecule has 126 valence electrons. The van der Waals surface area contributed by atoms with Gasteiger partial charge in [-0.2, -0.15) is 0 Å². The molecule has 24 heavy (non-hydrogen) atoms. The summed E-state index contributed by atoms with van der Waals surface area (Å²) in [4.78, 5) is 12.2. The Hall–Kier alpha value is -1.91. The summed E-state index contributed by atoms with van der Waals surface area (Å²) in [7, 11) is 1.63. The van der Waals surface area contributed by atoms with Crippen LogP contribution in [0.15, 0.2) is 42.5 Å². The lowest BCUT2D eigenvalue weighted by Gasteiger charge is -2.18. The first-order valence-corrected chi connectivity index (χ1v) is 8.31.